The summed E-state index contributed by atoms with van der Waals surface area (Å²) < 4.78 is 1.52. The van der Waals surface area contributed by atoms with Gasteiger partial charge in [-0.25, -0.2) is 0 Å². The maximum atomic E-state index is 4.33. The van der Waals surface area contributed by atoms with Crippen molar-refractivity contribution in [1.82, 2.24) is 4.98 Å². The van der Waals surface area contributed by atoms with Crippen LogP contribution >= 0.6 is 0 Å². The van der Waals surface area contributed by atoms with Crippen molar-refractivity contribution in [1.29, 1.82) is 0 Å². The van der Waals surface area contributed by atoms with E-state index in [0.717, 1.165) is 5.52 Å². The van der Waals surface area contributed by atoms with Gasteiger partial charge in [-0.3, -0.25) is 4.98 Å². The van der Waals surface area contributed by atoms with Gasteiger partial charge in [-0.1, -0.05) is 36.4 Å². The number of pyridine rings is 1. The Morgan fingerprint density at radius 3 is 2.30 bits per heavy atom. The maximum absolute atomic E-state index is 4.33. The van der Waals surface area contributed by atoms with Crippen LogP contribution in [-0.2, 0) is 0 Å². The van der Waals surface area contributed by atoms with Crippen LogP contribution in [0.5, 0.6) is 0 Å². The van der Waals surface area contributed by atoms with Gasteiger partial charge in [0, 0.05) is 11.6 Å². The third kappa shape index (κ3) is 2.92. The van der Waals surface area contributed by atoms with Gasteiger partial charge >= 0.3 is 59.4 Å². The second-order valence-electron chi connectivity index (χ2n) is 5.32. The molecule has 0 bridgehead atoms. The van der Waals surface area contributed by atoms with Gasteiger partial charge in [-0.05, 0) is 22.9 Å². The Balaban J connectivity index is 0.000000130. The van der Waals surface area contributed by atoms with E-state index in [-0.39, 0.29) is 0 Å². The summed E-state index contributed by atoms with van der Waals surface area (Å²) in [5, 5.41) is 5.19. The van der Waals surface area contributed by atoms with Crippen LogP contribution < -0.4 is 0 Å². The van der Waals surface area contributed by atoms with Gasteiger partial charge < -0.3 is 0 Å². The fourth-order valence-electron chi connectivity index (χ4n) is 2.74. The van der Waals surface area contributed by atoms with E-state index in [0.29, 0.717) is 14.5 Å². The van der Waals surface area contributed by atoms with Crippen LogP contribution in [0.15, 0.2) is 90.0 Å². The molecule has 23 heavy (non-hydrogen) atoms. The minimum Gasteiger partial charge on any atom is -0.256 e. The molecule has 0 fully saturated rings. The van der Waals surface area contributed by atoms with Gasteiger partial charge in [0.15, 0.2) is 0 Å². The van der Waals surface area contributed by atoms with Gasteiger partial charge in [0.2, 0.25) is 0 Å². The largest absolute Gasteiger partial charge is 0.256 e. The monoisotopic (exact) mass is 361 g/mol. The molecule has 0 radical (unpaired) electrons. The summed E-state index contributed by atoms with van der Waals surface area (Å²) in [7, 11) is 0. The van der Waals surface area contributed by atoms with E-state index in [1.807, 2.05) is 12.3 Å². The average Bonchev–Trinajstić information content (AvgIpc) is 3.11. The number of hydrogen-bond donors (Lipinski definition) is 0. The second-order valence-corrected chi connectivity index (χ2v) is 7.30. The molecular formula is C21H15NSe. The fourth-order valence-corrected chi connectivity index (χ4v) is 4.40. The van der Waals surface area contributed by atoms with E-state index in [1.165, 1.54) is 25.8 Å². The van der Waals surface area contributed by atoms with E-state index in [1.54, 1.807) is 0 Å². The van der Waals surface area contributed by atoms with Crippen LogP contribution in [0.1, 0.15) is 0 Å². The van der Waals surface area contributed by atoms with Crippen LogP contribution in [0.25, 0.3) is 31.3 Å². The topological polar surface area (TPSA) is 12.9 Å². The molecule has 5 aromatic rings. The molecular weight excluding hydrogens is 345 g/mol. The Hall–Kier alpha value is -2.41. The zero-order valence-corrected chi connectivity index (χ0v) is 14.2. The Labute approximate surface area is 141 Å². The van der Waals surface area contributed by atoms with Crippen molar-refractivity contribution in [2.24, 2.45) is 0 Å². The Kier molecular flexibility index (Phi) is 3.93. The zero-order valence-electron chi connectivity index (χ0n) is 12.5. The maximum Gasteiger partial charge on any atom is 0.0708 e. The first-order valence-corrected chi connectivity index (χ1v) is 9.41. The summed E-state index contributed by atoms with van der Waals surface area (Å²) in [5.74, 6) is 0. The number of aromatic nitrogens is 1. The molecule has 0 aliphatic heterocycles. The van der Waals surface area contributed by atoms with Gasteiger partial charge in [0.25, 0.3) is 0 Å². The smallest absolute Gasteiger partial charge is 0.0708 e. The normalized spacial score (nSPS) is 10.6. The average molecular weight is 360 g/mol. The summed E-state index contributed by atoms with van der Waals surface area (Å²) in [6, 6.07) is 27.4. The Morgan fingerprint density at radius 2 is 1.39 bits per heavy atom. The van der Waals surface area contributed by atoms with Crippen molar-refractivity contribution in [2.75, 3.05) is 0 Å². The Morgan fingerprint density at radius 1 is 0.609 bits per heavy atom. The molecule has 2 heterocycles. The molecule has 5 rings (SSSR count). The fraction of sp³-hybridized carbons (Fsp3) is 0. The number of benzene rings is 3. The number of fused-ring (bicyclic) bond motifs is 4. The molecule has 0 atom stereocenters. The number of hydrogen-bond acceptors (Lipinski definition) is 1. The molecule has 0 saturated carbocycles. The standard InChI is InChI=1S/C13H9N.C8H6Se/c1-2-5-11-10(4-1)7-8-13-12(11)6-3-9-14-13;1-2-4-8-7(3-1)5-6-9-8/h1-9H;1-6H. The molecule has 0 N–H and O–H groups in total. The van der Waals surface area contributed by atoms with Crippen molar-refractivity contribution >= 4 is 45.8 Å². The van der Waals surface area contributed by atoms with Gasteiger partial charge in [0.1, 0.15) is 0 Å². The predicted molar refractivity (Wildman–Crippen MR) is 100 cm³/mol. The van der Waals surface area contributed by atoms with E-state index in [9.17, 15) is 0 Å². The van der Waals surface area contributed by atoms with E-state index in [2.05, 4.69) is 82.7 Å². The minimum atomic E-state index is 0.622. The zero-order chi connectivity index (χ0) is 15.5. The third-order valence-electron chi connectivity index (χ3n) is 3.87. The molecule has 0 spiro atoms. The molecule has 2 aromatic heterocycles. The van der Waals surface area contributed by atoms with Crippen LogP contribution in [0.3, 0.4) is 0 Å². The summed E-state index contributed by atoms with van der Waals surface area (Å²) in [5.41, 5.74) is 1.06. The first-order chi connectivity index (χ1) is 11.4. The first-order valence-electron chi connectivity index (χ1n) is 7.56. The molecule has 0 saturated heterocycles. The van der Waals surface area contributed by atoms with Crippen molar-refractivity contribution in [3.8, 4) is 0 Å². The van der Waals surface area contributed by atoms with Gasteiger partial charge in [-0.2, -0.15) is 0 Å². The Bertz CT molecular complexity index is 993. The van der Waals surface area contributed by atoms with Crippen molar-refractivity contribution < 1.29 is 0 Å². The molecule has 110 valence electrons. The van der Waals surface area contributed by atoms with Crippen LogP contribution in [0.2, 0.25) is 0 Å². The molecule has 3 aromatic carbocycles. The van der Waals surface area contributed by atoms with Crippen molar-refractivity contribution in [3.63, 3.8) is 0 Å². The van der Waals surface area contributed by atoms with E-state index >= 15 is 0 Å². The summed E-state index contributed by atoms with van der Waals surface area (Å²) in [6.45, 7) is 0. The van der Waals surface area contributed by atoms with Crippen LogP contribution in [0.4, 0.5) is 0 Å². The quantitative estimate of drug-likeness (QED) is 0.270. The SMILES string of the molecule is c1ccc2[se]ccc2c1.c1ccc2c(c1)ccc1ncccc12. The molecule has 2 heteroatoms. The molecule has 0 unspecified atom stereocenters. The van der Waals surface area contributed by atoms with Crippen molar-refractivity contribution in [3.05, 3.63) is 90.0 Å². The molecule has 0 aliphatic carbocycles. The first kappa shape index (κ1) is 14.2. The summed E-state index contributed by atoms with van der Waals surface area (Å²) in [4.78, 5) is 6.59. The van der Waals surface area contributed by atoms with E-state index in [4.69, 9.17) is 0 Å². The van der Waals surface area contributed by atoms with E-state index < -0.39 is 0 Å². The molecule has 0 amide bonds. The summed E-state index contributed by atoms with van der Waals surface area (Å²) >= 11 is 0.622. The number of rotatable bonds is 0. The second kappa shape index (κ2) is 6.37. The van der Waals surface area contributed by atoms with Gasteiger partial charge in [-0.15, -0.1) is 0 Å². The van der Waals surface area contributed by atoms with Crippen LogP contribution in [-0.4, -0.2) is 19.5 Å². The van der Waals surface area contributed by atoms with Crippen LogP contribution in [0, 0.1) is 0 Å². The van der Waals surface area contributed by atoms with Crippen molar-refractivity contribution in [2.45, 2.75) is 0 Å². The van der Waals surface area contributed by atoms with Gasteiger partial charge in [0.05, 0.1) is 5.52 Å². The molecule has 0 aliphatic rings. The minimum absolute atomic E-state index is 0.622. The predicted octanol–water partition coefficient (Wildman–Crippen LogP) is 5.28. The number of nitrogens with zero attached hydrogens (tertiary/aromatic N) is 1. The summed E-state index contributed by atoms with van der Waals surface area (Å²) in [6.07, 6.45) is 1.83. The molecule has 1 nitrogen and oxygen atoms in total. The third-order valence-corrected chi connectivity index (χ3v) is 5.76.